The summed E-state index contributed by atoms with van der Waals surface area (Å²) in [6.45, 7) is 6.33. The van der Waals surface area contributed by atoms with Crippen molar-refractivity contribution in [3.8, 4) is 0 Å². The maximum atomic E-state index is 12.9. The second-order valence-electron chi connectivity index (χ2n) is 19.1. The molecule has 0 saturated carbocycles. The molecule has 0 aromatic heterocycles. The minimum atomic E-state index is -0.820. The molecule has 0 amide bonds. The van der Waals surface area contributed by atoms with Crippen LogP contribution in [-0.2, 0) is 28.6 Å². The van der Waals surface area contributed by atoms with E-state index in [1.807, 2.05) is 0 Å². The van der Waals surface area contributed by atoms with Gasteiger partial charge in [0.1, 0.15) is 13.2 Å². The molecule has 6 nitrogen and oxygen atoms in total. The number of hydrogen-bond donors (Lipinski definition) is 0. The fourth-order valence-corrected chi connectivity index (χ4v) is 7.72. The Morgan fingerprint density at radius 3 is 0.877 bits per heavy atom. The average molecular weight is 1010 g/mol. The highest BCUT2D eigenvalue weighted by Gasteiger charge is 2.19. The van der Waals surface area contributed by atoms with Crippen LogP contribution < -0.4 is 0 Å². The Morgan fingerprint density at radius 2 is 0.534 bits per heavy atom. The molecule has 0 rings (SSSR count). The number of unbranched alkanes of at least 4 members (excludes halogenated alkanes) is 19. The Bertz CT molecular complexity index is 1580. The zero-order valence-electron chi connectivity index (χ0n) is 47.1. The van der Waals surface area contributed by atoms with Crippen LogP contribution in [-0.4, -0.2) is 37.2 Å². The maximum Gasteiger partial charge on any atom is 0.306 e. The lowest BCUT2D eigenvalue weighted by Gasteiger charge is -2.18. The van der Waals surface area contributed by atoms with Gasteiger partial charge in [0.2, 0.25) is 0 Å². The Hall–Kier alpha value is -4.45. The number of esters is 3. The fourth-order valence-electron chi connectivity index (χ4n) is 7.72. The number of carbonyl (C=O) groups is 3. The van der Waals surface area contributed by atoms with E-state index in [2.05, 4.69) is 154 Å². The molecule has 0 aromatic carbocycles. The predicted molar refractivity (Wildman–Crippen MR) is 316 cm³/mol. The molecule has 412 valence electrons. The molecule has 0 N–H and O–H groups in total. The molecule has 0 aliphatic rings. The highest BCUT2D eigenvalue weighted by atomic mass is 16.6. The quantitative estimate of drug-likeness (QED) is 0.0261. The third-order valence-electron chi connectivity index (χ3n) is 12.1. The molecule has 0 radical (unpaired) electrons. The summed E-state index contributed by atoms with van der Waals surface area (Å²) in [5, 5.41) is 0. The van der Waals surface area contributed by atoms with Crippen LogP contribution in [0.4, 0.5) is 0 Å². The first kappa shape index (κ1) is 68.6. The number of rotatable bonds is 52. The van der Waals surface area contributed by atoms with Crippen LogP contribution >= 0.6 is 0 Å². The molecule has 0 aliphatic carbocycles. The van der Waals surface area contributed by atoms with Crippen molar-refractivity contribution in [2.24, 2.45) is 0 Å². The average Bonchev–Trinajstić information content (AvgIpc) is 3.39. The zero-order chi connectivity index (χ0) is 52.9. The van der Waals surface area contributed by atoms with Gasteiger partial charge in [-0.3, -0.25) is 14.4 Å². The van der Waals surface area contributed by atoms with Crippen LogP contribution in [0.2, 0.25) is 0 Å². The number of allylic oxidation sites excluding steroid dienone is 22. The largest absolute Gasteiger partial charge is 0.462 e. The molecule has 0 aromatic rings. The van der Waals surface area contributed by atoms with E-state index in [1.165, 1.54) is 89.9 Å². The van der Waals surface area contributed by atoms with Crippen LogP contribution in [0.5, 0.6) is 0 Å². The van der Waals surface area contributed by atoms with Gasteiger partial charge in [0, 0.05) is 19.3 Å². The van der Waals surface area contributed by atoms with Gasteiger partial charge in [0.15, 0.2) is 6.10 Å². The topological polar surface area (TPSA) is 78.9 Å². The summed E-state index contributed by atoms with van der Waals surface area (Å²) in [6, 6.07) is 0. The van der Waals surface area contributed by atoms with E-state index in [1.54, 1.807) is 0 Å². The highest BCUT2D eigenvalue weighted by Crippen LogP contribution is 2.14. The molecule has 1 atom stereocenters. The van der Waals surface area contributed by atoms with E-state index in [4.69, 9.17) is 14.2 Å². The predicted octanol–water partition coefficient (Wildman–Crippen LogP) is 20.2. The van der Waals surface area contributed by atoms with Crippen molar-refractivity contribution in [3.63, 3.8) is 0 Å². The SMILES string of the molecule is CC/C=C\C/C=C\C/C=C\C/C=C\C/C=C\C/C=C\CCCCC(=O)OCC(COC(=O)CCCC/C=C\C/C=C\C/C=C\C/C=C\CC)OC(=O)CCCCCCCCCCC/C=C\CCCCCCCC. The van der Waals surface area contributed by atoms with Crippen LogP contribution in [0, 0.1) is 0 Å². The monoisotopic (exact) mass is 1010 g/mol. The number of hydrogen-bond acceptors (Lipinski definition) is 6. The number of ether oxygens (including phenoxy) is 3. The smallest absolute Gasteiger partial charge is 0.306 e. The minimum absolute atomic E-state index is 0.118. The van der Waals surface area contributed by atoms with Crippen LogP contribution in [0.25, 0.3) is 0 Å². The summed E-state index contributed by atoms with van der Waals surface area (Å²) >= 11 is 0. The summed E-state index contributed by atoms with van der Waals surface area (Å²) in [5.74, 6) is -1.00. The molecular formula is C67H108O6. The maximum absolute atomic E-state index is 12.9. The van der Waals surface area contributed by atoms with E-state index >= 15 is 0 Å². The third kappa shape index (κ3) is 58.3. The molecule has 0 spiro atoms. The Balaban J connectivity index is 4.53. The van der Waals surface area contributed by atoms with E-state index in [9.17, 15) is 14.4 Å². The van der Waals surface area contributed by atoms with Crippen LogP contribution in [0.1, 0.15) is 252 Å². The van der Waals surface area contributed by atoms with Crippen LogP contribution in [0.15, 0.2) is 134 Å². The summed E-state index contributed by atoms with van der Waals surface area (Å²) in [5.41, 5.74) is 0. The molecule has 0 aliphatic heterocycles. The first-order chi connectivity index (χ1) is 36.0. The van der Waals surface area contributed by atoms with Gasteiger partial charge in [0.05, 0.1) is 0 Å². The first-order valence-electron chi connectivity index (χ1n) is 29.7. The van der Waals surface area contributed by atoms with E-state index < -0.39 is 6.10 Å². The molecule has 1 unspecified atom stereocenters. The van der Waals surface area contributed by atoms with Gasteiger partial charge in [-0.15, -0.1) is 0 Å². The van der Waals surface area contributed by atoms with Gasteiger partial charge < -0.3 is 14.2 Å². The third-order valence-corrected chi connectivity index (χ3v) is 12.1. The molecule has 73 heavy (non-hydrogen) atoms. The van der Waals surface area contributed by atoms with Crippen molar-refractivity contribution in [2.75, 3.05) is 13.2 Å². The zero-order valence-corrected chi connectivity index (χ0v) is 47.1. The van der Waals surface area contributed by atoms with Crippen molar-refractivity contribution in [2.45, 2.75) is 258 Å². The summed E-state index contributed by atoms with van der Waals surface area (Å²) in [6.07, 6.45) is 84.5. The number of carbonyl (C=O) groups excluding carboxylic acids is 3. The van der Waals surface area contributed by atoms with Gasteiger partial charge in [0.25, 0.3) is 0 Å². The molecule has 0 heterocycles. The minimum Gasteiger partial charge on any atom is -0.462 e. The highest BCUT2D eigenvalue weighted by molar-refractivity contribution is 5.71. The lowest BCUT2D eigenvalue weighted by Crippen LogP contribution is -2.30. The Kier molecular flexibility index (Phi) is 56.4. The molecule has 6 heteroatoms. The van der Waals surface area contributed by atoms with Crippen molar-refractivity contribution >= 4 is 17.9 Å². The van der Waals surface area contributed by atoms with E-state index in [0.717, 1.165) is 109 Å². The van der Waals surface area contributed by atoms with Crippen molar-refractivity contribution in [1.82, 2.24) is 0 Å². The fraction of sp³-hybridized carbons (Fsp3) is 0.627. The summed E-state index contributed by atoms with van der Waals surface area (Å²) < 4.78 is 16.8. The van der Waals surface area contributed by atoms with Gasteiger partial charge in [-0.25, -0.2) is 0 Å². The summed E-state index contributed by atoms with van der Waals surface area (Å²) in [7, 11) is 0. The molecule has 0 fully saturated rings. The standard InChI is InChI=1S/C67H108O6/c1-4-7-10-13-16-19-22-25-28-30-32-33-35-36-39-42-45-48-51-54-57-60-66(69)72-63-64(62-71-65(68)59-56-53-50-47-44-41-38-27-24-21-18-15-12-9-6-3)73-67(70)61-58-55-52-49-46-43-40-37-34-31-29-26-23-20-17-14-11-8-5-2/h7,9-10,12,16,18-19,21,25-29,32-33,36,38-39,44-45,47-48,64H,4-6,8,11,13-15,17,20,22-24,30-31,34-35,37,40-43,46,49-63H2,1-3H3/b10-7-,12-9-,19-16-,21-18-,28-25-,29-26-,33-32-,38-27-,39-36-,47-44-,48-45-. The van der Waals surface area contributed by atoms with Crippen LogP contribution in [0.3, 0.4) is 0 Å². The lowest BCUT2D eigenvalue weighted by molar-refractivity contribution is -0.167. The van der Waals surface area contributed by atoms with Gasteiger partial charge >= 0.3 is 17.9 Å². The Morgan fingerprint density at radius 1 is 0.288 bits per heavy atom. The Labute approximate surface area is 449 Å². The molecular weight excluding hydrogens is 901 g/mol. The molecule has 0 saturated heterocycles. The van der Waals surface area contributed by atoms with E-state index in [-0.39, 0.29) is 31.1 Å². The molecule has 0 bridgehead atoms. The second-order valence-corrected chi connectivity index (χ2v) is 19.1. The van der Waals surface area contributed by atoms with Gasteiger partial charge in [-0.1, -0.05) is 231 Å². The first-order valence-corrected chi connectivity index (χ1v) is 29.7. The van der Waals surface area contributed by atoms with Crippen molar-refractivity contribution in [1.29, 1.82) is 0 Å². The lowest BCUT2D eigenvalue weighted by atomic mass is 10.1. The van der Waals surface area contributed by atoms with Gasteiger partial charge in [-0.05, 0) is 135 Å². The van der Waals surface area contributed by atoms with Crippen molar-refractivity contribution in [3.05, 3.63) is 134 Å². The van der Waals surface area contributed by atoms with Gasteiger partial charge in [-0.2, -0.15) is 0 Å². The normalized spacial score (nSPS) is 13.1. The van der Waals surface area contributed by atoms with Crippen molar-refractivity contribution < 1.29 is 28.6 Å². The second kappa shape index (κ2) is 60.1. The van der Waals surface area contributed by atoms with E-state index in [0.29, 0.717) is 32.1 Å². The summed E-state index contributed by atoms with van der Waals surface area (Å²) in [4.78, 5) is 38.2.